The number of ether oxygens (including phenoxy) is 2. The Morgan fingerprint density at radius 1 is 1.10 bits per heavy atom. The zero-order valence-electron chi connectivity index (χ0n) is 10.9. The number of hydrogen-bond donors (Lipinski definition) is 2. The summed E-state index contributed by atoms with van der Waals surface area (Å²) in [6.07, 6.45) is 0. The second-order valence-corrected chi connectivity index (χ2v) is 4.11. The van der Waals surface area contributed by atoms with Gasteiger partial charge in [0.15, 0.2) is 0 Å². The van der Waals surface area contributed by atoms with E-state index in [9.17, 15) is 9.90 Å². The van der Waals surface area contributed by atoms with E-state index in [0.29, 0.717) is 17.1 Å². The molecule has 2 N–H and O–H groups in total. The number of carboxylic acid groups (broad SMARTS) is 1. The maximum absolute atomic E-state index is 11.2. The molecule has 0 saturated heterocycles. The predicted octanol–water partition coefficient (Wildman–Crippen LogP) is 2.68. The van der Waals surface area contributed by atoms with Gasteiger partial charge in [-0.2, -0.15) is 0 Å². The lowest BCUT2D eigenvalue weighted by Gasteiger charge is -2.10. The fourth-order valence-corrected chi connectivity index (χ4v) is 1.71. The number of aromatic carboxylic acids is 1. The molecule has 104 valence electrons. The molecular formula is C15H14O5. The van der Waals surface area contributed by atoms with Crippen molar-refractivity contribution in [1.82, 2.24) is 0 Å². The number of methoxy groups -OCH3 is 1. The molecule has 0 aliphatic rings. The second-order valence-electron chi connectivity index (χ2n) is 4.11. The Balaban J connectivity index is 2.16. The van der Waals surface area contributed by atoms with Crippen LogP contribution in [0.3, 0.4) is 0 Å². The van der Waals surface area contributed by atoms with Gasteiger partial charge in [-0.3, -0.25) is 0 Å². The van der Waals surface area contributed by atoms with Crippen molar-refractivity contribution in [2.45, 2.75) is 6.61 Å². The van der Waals surface area contributed by atoms with Crippen molar-refractivity contribution in [3.63, 3.8) is 0 Å². The molecule has 0 radical (unpaired) electrons. The molecule has 2 rings (SSSR count). The van der Waals surface area contributed by atoms with Gasteiger partial charge < -0.3 is 19.7 Å². The molecule has 0 spiro atoms. The average molecular weight is 274 g/mol. The molecule has 5 heteroatoms. The van der Waals surface area contributed by atoms with Gasteiger partial charge in [0, 0.05) is 5.56 Å². The largest absolute Gasteiger partial charge is 0.508 e. The van der Waals surface area contributed by atoms with Gasteiger partial charge >= 0.3 is 5.97 Å². The SMILES string of the molecule is COc1ccc(COc2ccc(O)cc2)c(C(=O)O)c1. The maximum Gasteiger partial charge on any atom is 0.336 e. The van der Waals surface area contributed by atoms with Gasteiger partial charge in [0.05, 0.1) is 12.7 Å². The highest BCUT2D eigenvalue weighted by Crippen LogP contribution is 2.21. The summed E-state index contributed by atoms with van der Waals surface area (Å²) in [6.45, 7) is 0.121. The first-order chi connectivity index (χ1) is 9.60. The van der Waals surface area contributed by atoms with Crippen LogP contribution in [0.4, 0.5) is 0 Å². The normalized spacial score (nSPS) is 10.1. The van der Waals surface area contributed by atoms with E-state index in [2.05, 4.69) is 0 Å². The number of phenols is 1. The van der Waals surface area contributed by atoms with Crippen molar-refractivity contribution in [3.8, 4) is 17.2 Å². The highest BCUT2D eigenvalue weighted by atomic mass is 16.5. The highest BCUT2D eigenvalue weighted by molar-refractivity contribution is 5.89. The van der Waals surface area contributed by atoms with Crippen LogP contribution in [-0.2, 0) is 6.61 Å². The van der Waals surface area contributed by atoms with Gasteiger partial charge in [-0.1, -0.05) is 6.07 Å². The first kappa shape index (κ1) is 13.7. The predicted molar refractivity (Wildman–Crippen MR) is 72.4 cm³/mol. The number of carboxylic acids is 1. The molecule has 0 aliphatic heterocycles. The van der Waals surface area contributed by atoms with Gasteiger partial charge in [-0.25, -0.2) is 4.79 Å². The Labute approximate surface area is 116 Å². The molecule has 5 nitrogen and oxygen atoms in total. The Morgan fingerprint density at radius 3 is 2.35 bits per heavy atom. The van der Waals surface area contributed by atoms with Crippen molar-refractivity contribution in [2.75, 3.05) is 7.11 Å². The van der Waals surface area contributed by atoms with Crippen molar-refractivity contribution in [2.24, 2.45) is 0 Å². The first-order valence-electron chi connectivity index (χ1n) is 5.92. The highest BCUT2D eigenvalue weighted by Gasteiger charge is 2.12. The van der Waals surface area contributed by atoms with Crippen LogP contribution in [0.5, 0.6) is 17.2 Å². The summed E-state index contributed by atoms with van der Waals surface area (Å²) in [7, 11) is 1.48. The Morgan fingerprint density at radius 2 is 1.75 bits per heavy atom. The third kappa shape index (κ3) is 3.20. The summed E-state index contributed by atoms with van der Waals surface area (Å²) in [4.78, 5) is 11.2. The minimum absolute atomic E-state index is 0.121. The van der Waals surface area contributed by atoms with Gasteiger partial charge in [-0.15, -0.1) is 0 Å². The number of hydrogen-bond acceptors (Lipinski definition) is 4. The molecule has 2 aromatic rings. The number of benzene rings is 2. The smallest absolute Gasteiger partial charge is 0.336 e. The lowest BCUT2D eigenvalue weighted by Crippen LogP contribution is -2.06. The van der Waals surface area contributed by atoms with E-state index in [1.54, 1.807) is 24.3 Å². The zero-order chi connectivity index (χ0) is 14.5. The van der Waals surface area contributed by atoms with Crippen molar-refractivity contribution in [1.29, 1.82) is 0 Å². The molecule has 0 saturated carbocycles. The van der Waals surface area contributed by atoms with Crippen molar-refractivity contribution in [3.05, 3.63) is 53.6 Å². The number of carbonyl (C=O) groups is 1. The molecule has 20 heavy (non-hydrogen) atoms. The molecule has 0 atom stereocenters. The molecule has 0 unspecified atom stereocenters. The fourth-order valence-electron chi connectivity index (χ4n) is 1.71. The quantitative estimate of drug-likeness (QED) is 0.876. The summed E-state index contributed by atoms with van der Waals surface area (Å²) in [6, 6.07) is 11.0. The maximum atomic E-state index is 11.2. The zero-order valence-corrected chi connectivity index (χ0v) is 10.9. The number of rotatable bonds is 5. The van der Waals surface area contributed by atoms with Crippen LogP contribution in [-0.4, -0.2) is 23.3 Å². The molecule has 0 aromatic heterocycles. The summed E-state index contributed by atoms with van der Waals surface area (Å²) in [5.41, 5.74) is 0.689. The van der Waals surface area contributed by atoms with Crippen LogP contribution < -0.4 is 9.47 Å². The van der Waals surface area contributed by atoms with E-state index in [1.807, 2.05) is 0 Å². The summed E-state index contributed by atoms with van der Waals surface area (Å²) >= 11 is 0. The second kappa shape index (κ2) is 5.97. The van der Waals surface area contributed by atoms with Crippen LogP contribution in [0.1, 0.15) is 15.9 Å². The van der Waals surface area contributed by atoms with E-state index in [-0.39, 0.29) is 17.9 Å². The summed E-state index contributed by atoms with van der Waals surface area (Å²) < 4.78 is 10.5. The van der Waals surface area contributed by atoms with E-state index in [1.165, 1.54) is 25.3 Å². The molecule has 0 fully saturated rings. The Hall–Kier alpha value is -2.69. The molecule has 0 heterocycles. The van der Waals surface area contributed by atoms with Crippen LogP contribution in [0.25, 0.3) is 0 Å². The third-order valence-corrected chi connectivity index (χ3v) is 2.78. The van der Waals surface area contributed by atoms with E-state index < -0.39 is 5.97 Å². The monoisotopic (exact) mass is 274 g/mol. The van der Waals surface area contributed by atoms with Crippen LogP contribution in [0.15, 0.2) is 42.5 Å². The Bertz CT molecular complexity index is 604. The van der Waals surface area contributed by atoms with Crippen LogP contribution in [0.2, 0.25) is 0 Å². The van der Waals surface area contributed by atoms with Crippen LogP contribution >= 0.6 is 0 Å². The molecule has 2 aromatic carbocycles. The summed E-state index contributed by atoms with van der Waals surface area (Å²) in [5, 5.41) is 18.3. The number of aromatic hydroxyl groups is 1. The van der Waals surface area contributed by atoms with Crippen molar-refractivity contribution >= 4 is 5.97 Å². The minimum Gasteiger partial charge on any atom is -0.508 e. The van der Waals surface area contributed by atoms with Crippen molar-refractivity contribution < 1.29 is 24.5 Å². The molecule has 0 amide bonds. The third-order valence-electron chi connectivity index (χ3n) is 2.78. The molecule has 0 aliphatic carbocycles. The van der Waals surface area contributed by atoms with Gasteiger partial charge in [0.25, 0.3) is 0 Å². The average Bonchev–Trinajstić information content (AvgIpc) is 2.46. The molecular weight excluding hydrogens is 260 g/mol. The minimum atomic E-state index is -1.03. The molecule has 0 bridgehead atoms. The lowest BCUT2D eigenvalue weighted by molar-refractivity contribution is 0.0693. The topological polar surface area (TPSA) is 76.0 Å². The van der Waals surface area contributed by atoms with Gasteiger partial charge in [-0.05, 0) is 36.4 Å². The standard InChI is InChI=1S/C15H14O5/c1-19-13-5-2-10(14(8-13)15(17)18)9-20-12-6-3-11(16)4-7-12/h2-8,16H,9H2,1H3,(H,17,18). The van der Waals surface area contributed by atoms with Gasteiger partial charge in [0.2, 0.25) is 0 Å². The van der Waals surface area contributed by atoms with Gasteiger partial charge in [0.1, 0.15) is 23.9 Å². The van der Waals surface area contributed by atoms with E-state index in [0.717, 1.165) is 0 Å². The van der Waals surface area contributed by atoms with Crippen LogP contribution in [0, 0.1) is 0 Å². The van der Waals surface area contributed by atoms with E-state index >= 15 is 0 Å². The lowest BCUT2D eigenvalue weighted by atomic mass is 10.1. The fraction of sp³-hybridized carbons (Fsp3) is 0.133. The first-order valence-corrected chi connectivity index (χ1v) is 5.92. The Kier molecular flexibility index (Phi) is 4.10. The summed E-state index contributed by atoms with van der Waals surface area (Å²) in [5.74, 6) is 0.145. The van der Waals surface area contributed by atoms with E-state index in [4.69, 9.17) is 14.6 Å². The number of phenolic OH excluding ortho intramolecular Hbond substituents is 1.